The van der Waals surface area contributed by atoms with Crippen molar-refractivity contribution in [1.29, 1.82) is 5.26 Å². The summed E-state index contributed by atoms with van der Waals surface area (Å²) in [4.78, 5) is 22.5. The largest absolute Gasteiger partial charge is 0.320 e. The lowest BCUT2D eigenvalue weighted by Gasteiger charge is -2.07. The fraction of sp³-hybridized carbons (Fsp3) is 0. The van der Waals surface area contributed by atoms with Crippen molar-refractivity contribution in [2.75, 3.05) is 5.32 Å². The van der Waals surface area contributed by atoms with Crippen LogP contribution in [0.2, 0.25) is 10.0 Å². The molecule has 9 heteroatoms. The van der Waals surface area contributed by atoms with Crippen molar-refractivity contribution in [3.63, 3.8) is 0 Å². The van der Waals surface area contributed by atoms with Crippen LogP contribution >= 0.6 is 39.1 Å². The molecule has 2 aromatic carbocycles. The van der Waals surface area contributed by atoms with Crippen molar-refractivity contribution >= 4 is 62.5 Å². The van der Waals surface area contributed by atoms with Crippen LogP contribution in [0.5, 0.6) is 0 Å². The highest BCUT2D eigenvalue weighted by Gasteiger charge is 2.15. The van der Waals surface area contributed by atoms with Crippen molar-refractivity contribution in [2.45, 2.75) is 0 Å². The number of nitro benzene ring substituents is 1. The number of halogens is 3. The fourth-order valence-corrected chi connectivity index (χ4v) is 2.82. The number of carbonyl (C=O) groups excluding carboxylic acids is 1. The van der Waals surface area contributed by atoms with E-state index in [4.69, 9.17) is 23.2 Å². The first-order valence-corrected chi connectivity index (χ1v) is 8.19. The lowest BCUT2D eigenvalue weighted by Crippen LogP contribution is -2.14. The second kappa shape index (κ2) is 8.12. The van der Waals surface area contributed by atoms with E-state index in [0.29, 0.717) is 20.1 Å². The maximum atomic E-state index is 12.3. The van der Waals surface area contributed by atoms with E-state index in [1.54, 1.807) is 24.3 Å². The molecule has 1 amide bonds. The Morgan fingerprint density at radius 3 is 2.44 bits per heavy atom. The fourth-order valence-electron chi connectivity index (χ4n) is 1.85. The molecule has 0 aromatic heterocycles. The Morgan fingerprint density at radius 1 is 1.28 bits per heavy atom. The number of rotatable bonds is 4. The van der Waals surface area contributed by atoms with Crippen LogP contribution in [-0.4, -0.2) is 10.8 Å². The first-order valence-electron chi connectivity index (χ1n) is 6.64. The summed E-state index contributed by atoms with van der Waals surface area (Å²) in [5.41, 5.74) is 0.270. The van der Waals surface area contributed by atoms with Crippen molar-refractivity contribution < 1.29 is 9.72 Å². The van der Waals surface area contributed by atoms with Crippen molar-refractivity contribution in [3.8, 4) is 6.07 Å². The van der Waals surface area contributed by atoms with Gasteiger partial charge in [0.2, 0.25) is 0 Å². The molecule has 0 radical (unpaired) electrons. The molecule has 25 heavy (non-hydrogen) atoms. The molecule has 6 nitrogen and oxygen atoms in total. The predicted molar refractivity (Wildman–Crippen MR) is 99.5 cm³/mol. The van der Waals surface area contributed by atoms with Crippen LogP contribution in [-0.2, 0) is 4.79 Å². The van der Waals surface area contributed by atoms with Gasteiger partial charge in [0.15, 0.2) is 0 Å². The molecule has 126 valence electrons. The van der Waals surface area contributed by atoms with E-state index >= 15 is 0 Å². The minimum absolute atomic E-state index is 0.135. The van der Waals surface area contributed by atoms with Gasteiger partial charge in [-0.3, -0.25) is 14.9 Å². The molecule has 0 saturated heterocycles. The molecule has 2 aromatic rings. The molecule has 0 fully saturated rings. The molecule has 0 unspecified atom stereocenters. The molecule has 0 bridgehead atoms. The summed E-state index contributed by atoms with van der Waals surface area (Å²) in [6.07, 6.45) is 1.28. The standard InChI is InChI=1S/C16H8BrCl2N3O3/c17-12-7-10(22(24)25)4-5-15(12)21-16(23)9(8-20)6-11-13(18)2-1-3-14(11)19/h1-7H,(H,21,23)/b9-6+. The number of benzene rings is 2. The van der Waals surface area contributed by atoms with Gasteiger partial charge in [0.1, 0.15) is 11.6 Å². The number of hydrogen-bond donors (Lipinski definition) is 1. The molecule has 0 spiro atoms. The quantitative estimate of drug-likeness (QED) is 0.305. The van der Waals surface area contributed by atoms with Crippen molar-refractivity contribution in [2.24, 2.45) is 0 Å². The number of non-ortho nitro benzene ring substituents is 1. The number of hydrogen-bond acceptors (Lipinski definition) is 4. The van der Waals surface area contributed by atoms with E-state index in [-0.39, 0.29) is 16.9 Å². The van der Waals surface area contributed by atoms with Crippen molar-refractivity contribution in [3.05, 3.63) is 72.2 Å². The highest BCUT2D eigenvalue weighted by atomic mass is 79.9. The van der Waals surface area contributed by atoms with Gasteiger partial charge in [0.05, 0.1) is 10.6 Å². The monoisotopic (exact) mass is 439 g/mol. The normalized spacial score (nSPS) is 10.9. The van der Waals surface area contributed by atoms with E-state index in [0.717, 1.165) is 0 Å². The summed E-state index contributed by atoms with van der Waals surface area (Å²) in [5, 5.41) is 23.1. The second-order valence-electron chi connectivity index (χ2n) is 4.68. The van der Waals surface area contributed by atoms with Crippen molar-refractivity contribution in [1.82, 2.24) is 0 Å². The highest BCUT2D eigenvalue weighted by Crippen LogP contribution is 2.29. The highest BCUT2D eigenvalue weighted by molar-refractivity contribution is 9.10. The Kier molecular flexibility index (Phi) is 6.15. The molecule has 0 aliphatic heterocycles. The van der Waals surface area contributed by atoms with E-state index in [9.17, 15) is 20.2 Å². The summed E-state index contributed by atoms with van der Waals surface area (Å²) in [5.74, 6) is -0.701. The Hall–Kier alpha value is -2.40. The summed E-state index contributed by atoms with van der Waals surface area (Å²) in [7, 11) is 0. The zero-order chi connectivity index (χ0) is 18.6. The van der Waals surface area contributed by atoms with Gasteiger partial charge in [-0.2, -0.15) is 5.26 Å². The first-order chi connectivity index (χ1) is 11.8. The van der Waals surface area contributed by atoms with Gasteiger partial charge in [0, 0.05) is 32.2 Å². The molecular weight excluding hydrogens is 433 g/mol. The number of anilines is 1. The van der Waals surface area contributed by atoms with E-state index in [1.165, 1.54) is 24.3 Å². The lowest BCUT2D eigenvalue weighted by atomic mass is 10.1. The van der Waals surface area contributed by atoms with Crippen LogP contribution < -0.4 is 5.32 Å². The SMILES string of the molecule is N#C/C(=C\c1c(Cl)cccc1Cl)C(=O)Nc1ccc([N+](=O)[O-])cc1Br. The summed E-state index contributed by atoms with van der Waals surface area (Å²) < 4.78 is 0.308. The lowest BCUT2D eigenvalue weighted by molar-refractivity contribution is -0.384. The number of nitro groups is 1. The molecule has 0 heterocycles. The maximum Gasteiger partial charge on any atom is 0.270 e. The Labute approximate surface area is 160 Å². The summed E-state index contributed by atoms with van der Waals surface area (Å²) in [6, 6.07) is 10.4. The second-order valence-corrected chi connectivity index (χ2v) is 6.35. The van der Waals surface area contributed by atoms with Gasteiger partial charge in [-0.25, -0.2) is 0 Å². The molecule has 2 rings (SSSR count). The molecule has 1 N–H and O–H groups in total. The maximum absolute atomic E-state index is 12.3. The van der Waals surface area contributed by atoms with Crippen LogP contribution in [0, 0.1) is 21.4 Å². The van der Waals surface area contributed by atoms with Gasteiger partial charge in [-0.15, -0.1) is 0 Å². The molecular formula is C16H8BrCl2N3O3. The zero-order valence-electron chi connectivity index (χ0n) is 12.3. The third kappa shape index (κ3) is 4.57. The Balaban J connectivity index is 2.31. The average molecular weight is 441 g/mol. The third-order valence-corrected chi connectivity index (χ3v) is 4.38. The van der Waals surface area contributed by atoms with E-state index < -0.39 is 10.8 Å². The predicted octanol–water partition coefficient (Wildman–Crippen LogP) is 5.21. The number of nitrogens with one attached hydrogen (secondary N) is 1. The van der Waals surface area contributed by atoms with Crippen LogP contribution in [0.4, 0.5) is 11.4 Å². The smallest absolute Gasteiger partial charge is 0.270 e. The van der Waals surface area contributed by atoms with E-state index in [2.05, 4.69) is 21.2 Å². The van der Waals surface area contributed by atoms with Gasteiger partial charge in [0.25, 0.3) is 11.6 Å². The number of nitrogens with zero attached hydrogens (tertiary/aromatic N) is 2. The molecule has 0 atom stereocenters. The van der Waals surface area contributed by atoms with Crippen LogP contribution in [0.15, 0.2) is 46.4 Å². The van der Waals surface area contributed by atoms with Crippen LogP contribution in [0.25, 0.3) is 6.08 Å². The first kappa shape index (κ1) is 18.9. The topological polar surface area (TPSA) is 96.0 Å². The molecule has 0 saturated carbocycles. The molecule has 0 aliphatic rings. The summed E-state index contributed by atoms with van der Waals surface area (Å²) >= 11 is 15.2. The Morgan fingerprint density at radius 2 is 1.92 bits per heavy atom. The van der Waals surface area contributed by atoms with Gasteiger partial charge in [-0.05, 0) is 40.2 Å². The average Bonchev–Trinajstić information content (AvgIpc) is 2.56. The molecule has 0 aliphatic carbocycles. The Bertz CT molecular complexity index is 918. The number of nitriles is 1. The van der Waals surface area contributed by atoms with Crippen LogP contribution in [0.1, 0.15) is 5.56 Å². The number of carbonyl (C=O) groups is 1. The number of amides is 1. The third-order valence-electron chi connectivity index (χ3n) is 3.07. The minimum Gasteiger partial charge on any atom is -0.320 e. The van der Waals surface area contributed by atoms with Gasteiger partial charge in [-0.1, -0.05) is 29.3 Å². The van der Waals surface area contributed by atoms with Gasteiger partial charge >= 0.3 is 0 Å². The summed E-state index contributed by atoms with van der Waals surface area (Å²) in [6.45, 7) is 0. The van der Waals surface area contributed by atoms with Gasteiger partial charge < -0.3 is 5.32 Å². The minimum atomic E-state index is -0.701. The van der Waals surface area contributed by atoms with Crippen LogP contribution in [0.3, 0.4) is 0 Å². The van der Waals surface area contributed by atoms with E-state index in [1.807, 2.05) is 0 Å². The zero-order valence-corrected chi connectivity index (χ0v) is 15.4.